The molecule has 1 amide bonds. The fourth-order valence-corrected chi connectivity index (χ4v) is 3.11. The van der Waals surface area contributed by atoms with Gasteiger partial charge in [-0.2, -0.15) is 0 Å². The molecule has 8 heteroatoms. The van der Waals surface area contributed by atoms with Gasteiger partial charge in [-0.1, -0.05) is 25.2 Å². The number of nitrogens with zero attached hydrogens (tertiary/aromatic N) is 3. The van der Waals surface area contributed by atoms with E-state index in [4.69, 9.17) is 4.42 Å². The first-order valence-corrected chi connectivity index (χ1v) is 8.18. The van der Waals surface area contributed by atoms with Crippen LogP contribution < -0.4 is 10.9 Å². The molecule has 7 nitrogen and oxygen atoms in total. The number of nitrogens with one attached hydrogen (secondary N) is 1. The predicted molar refractivity (Wildman–Crippen MR) is 91.6 cm³/mol. The maximum atomic E-state index is 12.0. The van der Waals surface area contributed by atoms with Gasteiger partial charge in [0.05, 0.1) is 10.6 Å². The maximum Gasteiger partial charge on any atom is 0.336 e. The second kappa shape index (κ2) is 6.40. The van der Waals surface area contributed by atoms with Crippen molar-refractivity contribution in [1.29, 1.82) is 0 Å². The Kier molecular flexibility index (Phi) is 4.30. The Hall–Kier alpha value is -2.74. The van der Waals surface area contributed by atoms with Gasteiger partial charge in [-0.3, -0.25) is 9.88 Å². The molecule has 3 rings (SSSR count). The molecule has 0 bridgehead atoms. The summed E-state index contributed by atoms with van der Waals surface area (Å²) in [4.78, 5) is 32.8. The van der Waals surface area contributed by atoms with Crippen molar-refractivity contribution in [1.82, 2.24) is 14.5 Å². The molecule has 0 atom stereocenters. The lowest BCUT2D eigenvalue weighted by Gasteiger charge is -2.05. The standard InChI is InChI=1S/C16H16N4O3S/c1-9(2)12-6-11(7-13(21)23-12)14-10(3)18-15(24-14)19-16(22)20-5-4-17-8-20/h4-9H,1-3H3,(H,18,19,22). The Morgan fingerprint density at radius 2 is 2.17 bits per heavy atom. The zero-order chi connectivity index (χ0) is 17.3. The topological polar surface area (TPSA) is 90.0 Å². The van der Waals surface area contributed by atoms with Crippen molar-refractivity contribution in [3.05, 3.63) is 52.7 Å². The highest BCUT2D eigenvalue weighted by atomic mass is 32.1. The van der Waals surface area contributed by atoms with E-state index >= 15 is 0 Å². The minimum absolute atomic E-state index is 0.103. The zero-order valence-corrected chi connectivity index (χ0v) is 14.3. The van der Waals surface area contributed by atoms with Crippen LogP contribution >= 0.6 is 11.3 Å². The Balaban J connectivity index is 1.92. The van der Waals surface area contributed by atoms with Gasteiger partial charge in [0, 0.05) is 29.9 Å². The van der Waals surface area contributed by atoms with E-state index in [9.17, 15) is 9.59 Å². The quantitative estimate of drug-likeness (QED) is 0.785. The van der Waals surface area contributed by atoms with Crippen LogP contribution in [0.4, 0.5) is 9.93 Å². The van der Waals surface area contributed by atoms with Crippen LogP contribution in [0.1, 0.15) is 31.2 Å². The van der Waals surface area contributed by atoms with E-state index in [1.165, 1.54) is 34.5 Å². The van der Waals surface area contributed by atoms with E-state index in [2.05, 4.69) is 15.3 Å². The third-order valence-electron chi connectivity index (χ3n) is 3.37. The van der Waals surface area contributed by atoms with Crippen molar-refractivity contribution in [3.8, 4) is 10.4 Å². The van der Waals surface area contributed by atoms with Crippen LogP contribution in [0.5, 0.6) is 0 Å². The molecule has 3 aromatic rings. The van der Waals surface area contributed by atoms with E-state index < -0.39 is 5.63 Å². The normalized spacial score (nSPS) is 11.0. The first-order chi connectivity index (χ1) is 11.4. The number of carbonyl (C=O) groups excluding carboxylic acids is 1. The molecule has 0 aliphatic carbocycles. The number of amides is 1. The van der Waals surface area contributed by atoms with E-state index in [0.717, 1.165) is 16.1 Å². The van der Waals surface area contributed by atoms with E-state index in [1.54, 1.807) is 6.20 Å². The maximum absolute atomic E-state index is 12.0. The van der Waals surface area contributed by atoms with Gasteiger partial charge in [0.15, 0.2) is 5.13 Å². The number of aryl methyl sites for hydroxylation is 1. The molecule has 0 radical (unpaired) electrons. The van der Waals surface area contributed by atoms with Gasteiger partial charge in [0.2, 0.25) is 0 Å². The van der Waals surface area contributed by atoms with Crippen LogP contribution in [-0.4, -0.2) is 20.6 Å². The number of hydrogen-bond donors (Lipinski definition) is 1. The van der Waals surface area contributed by atoms with Gasteiger partial charge in [-0.15, -0.1) is 0 Å². The summed E-state index contributed by atoms with van der Waals surface area (Å²) >= 11 is 1.31. The Bertz CT molecular complexity index is 925. The number of carbonyl (C=O) groups is 1. The number of rotatable bonds is 3. The zero-order valence-electron chi connectivity index (χ0n) is 13.4. The predicted octanol–water partition coefficient (Wildman–Crippen LogP) is 3.47. The van der Waals surface area contributed by atoms with Gasteiger partial charge in [0.25, 0.3) is 0 Å². The minimum atomic E-state index is -0.395. The summed E-state index contributed by atoms with van der Waals surface area (Å²) < 4.78 is 6.53. The van der Waals surface area contributed by atoms with Crippen LogP contribution in [-0.2, 0) is 0 Å². The molecule has 0 unspecified atom stereocenters. The molecule has 0 saturated heterocycles. The molecule has 24 heavy (non-hydrogen) atoms. The van der Waals surface area contributed by atoms with E-state index in [0.29, 0.717) is 10.9 Å². The first-order valence-electron chi connectivity index (χ1n) is 7.36. The number of imidazole rings is 1. The average Bonchev–Trinajstić information content (AvgIpc) is 3.16. The third kappa shape index (κ3) is 3.28. The molecule has 0 aliphatic rings. The Labute approximate surface area is 142 Å². The monoisotopic (exact) mass is 344 g/mol. The third-order valence-corrected chi connectivity index (χ3v) is 4.49. The molecular weight excluding hydrogens is 328 g/mol. The van der Waals surface area contributed by atoms with Gasteiger partial charge >= 0.3 is 11.7 Å². The highest BCUT2D eigenvalue weighted by Gasteiger charge is 2.15. The van der Waals surface area contributed by atoms with Gasteiger partial charge < -0.3 is 4.42 Å². The van der Waals surface area contributed by atoms with Crippen LogP contribution in [0.15, 0.2) is 40.1 Å². The molecule has 0 spiro atoms. The second-order valence-corrected chi connectivity index (χ2v) is 6.55. The highest BCUT2D eigenvalue weighted by molar-refractivity contribution is 7.19. The van der Waals surface area contributed by atoms with Crippen molar-refractivity contribution in [2.45, 2.75) is 26.7 Å². The van der Waals surface area contributed by atoms with Gasteiger partial charge in [0.1, 0.15) is 12.1 Å². The largest absolute Gasteiger partial charge is 0.428 e. The molecular formula is C16H16N4O3S. The van der Waals surface area contributed by atoms with Gasteiger partial charge in [-0.25, -0.2) is 19.6 Å². The second-order valence-electron chi connectivity index (χ2n) is 5.56. The molecule has 0 aromatic carbocycles. The summed E-state index contributed by atoms with van der Waals surface area (Å²) in [5.74, 6) is 0.723. The van der Waals surface area contributed by atoms with Crippen LogP contribution in [0.25, 0.3) is 10.4 Å². The van der Waals surface area contributed by atoms with Crippen molar-refractivity contribution in [3.63, 3.8) is 0 Å². The highest BCUT2D eigenvalue weighted by Crippen LogP contribution is 2.33. The van der Waals surface area contributed by atoms with Crippen molar-refractivity contribution in [2.75, 3.05) is 5.32 Å². The summed E-state index contributed by atoms with van der Waals surface area (Å²) in [5.41, 5.74) is 1.09. The van der Waals surface area contributed by atoms with Crippen LogP contribution in [0, 0.1) is 6.92 Å². The molecule has 3 aromatic heterocycles. The van der Waals surface area contributed by atoms with Crippen molar-refractivity contribution in [2.24, 2.45) is 0 Å². The molecule has 3 heterocycles. The van der Waals surface area contributed by atoms with Gasteiger partial charge in [-0.05, 0) is 13.0 Å². The van der Waals surface area contributed by atoms with E-state index in [1.807, 2.05) is 26.8 Å². The molecule has 1 N–H and O–H groups in total. The fraction of sp³-hybridized carbons (Fsp3) is 0.250. The number of anilines is 1. The Morgan fingerprint density at radius 3 is 2.83 bits per heavy atom. The molecule has 0 fully saturated rings. The summed E-state index contributed by atoms with van der Waals surface area (Å²) in [7, 11) is 0. The summed E-state index contributed by atoms with van der Waals surface area (Å²) in [6, 6.07) is 2.94. The molecule has 124 valence electrons. The average molecular weight is 344 g/mol. The molecule has 0 aliphatic heterocycles. The summed E-state index contributed by atoms with van der Waals surface area (Å²) in [5, 5.41) is 3.18. The van der Waals surface area contributed by atoms with Crippen molar-refractivity contribution >= 4 is 22.5 Å². The summed E-state index contributed by atoms with van der Waals surface area (Å²) in [6.45, 7) is 5.75. The smallest absolute Gasteiger partial charge is 0.336 e. The van der Waals surface area contributed by atoms with Crippen molar-refractivity contribution < 1.29 is 9.21 Å². The lowest BCUT2D eigenvalue weighted by atomic mass is 10.1. The lowest BCUT2D eigenvalue weighted by Crippen LogP contribution is -2.17. The Morgan fingerprint density at radius 1 is 1.38 bits per heavy atom. The number of thiazole rings is 1. The summed E-state index contributed by atoms with van der Waals surface area (Å²) in [6.07, 6.45) is 4.48. The lowest BCUT2D eigenvalue weighted by molar-refractivity contribution is 0.253. The fourth-order valence-electron chi connectivity index (χ4n) is 2.17. The van der Waals surface area contributed by atoms with E-state index in [-0.39, 0.29) is 11.9 Å². The number of hydrogen-bond acceptors (Lipinski definition) is 6. The van der Waals surface area contributed by atoms with Crippen LogP contribution in [0.2, 0.25) is 0 Å². The number of aromatic nitrogens is 3. The van der Waals surface area contributed by atoms with Crippen LogP contribution in [0.3, 0.4) is 0 Å². The minimum Gasteiger partial charge on any atom is -0.428 e. The molecule has 0 saturated carbocycles. The first kappa shape index (κ1) is 16.1. The SMILES string of the molecule is Cc1nc(NC(=O)n2ccnc2)sc1-c1cc(C(C)C)oc(=O)c1.